The van der Waals surface area contributed by atoms with E-state index in [0.717, 1.165) is 13.0 Å². The summed E-state index contributed by atoms with van der Waals surface area (Å²) in [5, 5.41) is 3.04. The van der Waals surface area contributed by atoms with Gasteiger partial charge in [-0.3, -0.25) is 4.79 Å². The number of Topliss-reactive ketones (excluding diaryl/α,β-unsaturated/α-hetero) is 1. The molecule has 0 bridgehead atoms. The Morgan fingerprint density at radius 1 is 1.27 bits per heavy atom. The van der Waals surface area contributed by atoms with Crippen molar-refractivity contribution >= 4 is 5.78 Å². The highest BCUT2D eigenvalue weighted by Crippen LogP contribution is 1.77. The predicted molar refractivity (Wildman–Crippen MR) is 49.8 cm³/mol. The van der Waals surface area contributed by atoms with Crippen molar-refractivity contribution in [2.75, 3.05) is 13.1 Å². The molecule has 0 spiro atoms. The third kappa shape index (κ3) is 12.8. The normalized spacial score (nSPS) is 8.36. The van der Waals surface area contributed by atoms with E-state index < -0.39 is 0 Å². The van der Waals surface area contributed by atoms with Gasteiger partial charge in [0.2, 0.25) is 0 Å². The molecule has 0 heterocycles. The van der Waals surface area contributed by atoms with Gasteiger partial charge in [0.05, 0.1) is 6.54 Å². The first-order valence-corrected chi connectivity index (χ1v) is 4.53. The van der Waals surface area contributed by atoms with Crippen molar-refractivity contribution in [1.29, 1.82) is 0 Å². The van der Waals surface area contributed by atoms with Crippen LogP contribution in [0.2, 0.25) is 0 Å². The summed E-state index contributed by atoms with van der Waals surface area (Å²) in [4.78, 5) is 10.6. The fraction of sp³-hybridized carbons (Fsp3) is 0.889. The smallest absolute Gasteiger partial charge is 0.146 e. The van der Waals surface area contributed by atoms with E-state index >= 15 is 0 Å². The van der Waals surface area contributed by atoms with Crippen LogP contribution in [0.15, 0.2) is 0 Å². The molecule has 11 heavy (non-hydrogen) atoms. The minimum Gasteiger partial charge on any atom is -0.310 e. The van der Waals surface area contributed by atoms with Gasteiger partial charge < -0.3 is 5.32 Å². The van der Waals surface area contributed by atoms with E-state index in [-0.39, 0.29) is 0 Å². The lowest BCUT2D eigenvalue weighted by Gasteiger charge is -1.97. The van der Waals surface area contributed by atoms with Crippen molar-refractivity contribution in [3.8, 4) is 0 Å². The molecular formula is C9H21NO. The van der Waals surface area contributed by atoms with Gasteiger partial charge in [-0.2, -0.15) is 0 Å². The van der Waals surface area contributed by atoms with Crippen molar-refractivity contribution in [2.45, 2.75) is 40.5 Å². The van der Waals surface area contributed by atoms with Crippen molar-refractivity contribution in [3.63, 3.8) is 0 Å². The van der Waals surface area contributed by atoms with Crippen LogP contribution in [0.4, 0.5) is 0 Å². The second-order valence-electron chi connectivity index (χ2n) is 2.07. The second-order valence-corrected chi connectivity index (χ2v) is 2.07. The zero-order valence-electron chi connectivity index (χ0n) is 8.24. The summed E-state index contributed by atoms with van der Waals surface area (Å²) < 4.78 is 0. The molecule has 0 atom stereocenters. The Balaban J connectivity index is 0. The Labute approximate surface area is 70.4 Å². The minimum atomic E-state index is 0.295. The number of nitrogens with one attached hydrogen (secondary N) is 1. The molecule has 0 amide bonds. The van der Waals surface area contributed by atoms with Crippen LogP contribution in [0, 0.1) is 0 Å². The summed E-state index contributed by atoms with van der Waals surface area (Å²) in [6, 6.07) is 0. The van der Waals surface area contributed by atoms with Crippen LogP contribution in [0.25, 0.3) is 0 Å². The van der Waals surface area contributed by atoms with Crippen LogP contribution >= 0.6 is 0 Å². The van der Waals surface area contributed by atoms with E-state index in [9.17, 15) is 4.79 Å². The van der Waals surface area contributed by atoms with Crippen LogP contribution in [0.3, 0.4) is 0 Å². The molecule has 0 aromatic carbocycles. The highest BCUT2D eigenvalue weighted by atomic mass is 16.1. The Morgan fingerprint density at radius 3 is 2.18 bits per heavy atom. The number of rotatable bonds is 5. The van der Waals surface area contributed by atoms with Gasteiger partial charge in [0.1, 0.15) is 5.78 Å². The summed E-state index contributed by atoms with van der Waals surface area (Å²) in [5.74, 6) is 0.295. The first-order chi connectivity index (χ1) is 5.31. The van der Waals surface area contributed by atoms with Gasteiger partial charge in [-0.15, -0.1) is 0 Å². The molecule has 0 aliphatic carbocycles. The highest BCUT2D eigenvalue weighted by Gasteiger charge is 1.93. The predicted octanol–water partition coefficient (Wildman–Crippen LogP) is 1.99. The van der Waals surface area contributed by atoms with Crippen LogP contribution < -0.4 is 5.32 Å². The van der Waals surface area contributed by atoms with Gasteiger partial charge in [0, 0.05) is 6.42 Å². The van der Waals surface area contributed by atoms with Gasteiger partial charge in [-0.1, -0.05) is 27.7 Å². The molecule has 2 heteroatoms. The van der Waals surface area contributed by atoms with Gasteiger partial charge >= 0.3 is 0 Å². The van der Waals surface area contributed by atoms with E-state index in [1.807, 2.05) is 20.8 Å². The molecule has 0 aromatic heterocycles. The number of hydrogen-bond donors (Lipinski definition) is 1. The Morgan fingerprint density at radius 2 is 1.82 bits per heavy atom. The average Bonchev–Trinajstić information content (AvgIpc) is 2.08. The summed E-state index contributed by atoms with van der Waals surface area (Å²) in [6.45, 7) is 9.47. The monoisotopic (exact) mass is 159 g/mol. The maximum Gasteiger partial charge on any atom is 0.146 e. The number of carbonyl (C=O) groups is 1. The molecule has 0 radical (unpaired) electrons. The third-order valence-corrected chi connectivity index (χ3v) is 1.14. The highest BCUT2D eigenvalue weighted by molar-refractivity contribution is 5.79. The first-order valence-electron chi connectivity index (χ1n) is 4.53. The summed E-state index contributed by atoms with van der Waals surface area (Å²) in [7, 11) is 0. The van der Waals surface area contributed by atoms with Crippen LogP contribution in [-0.4, -0.2) is 18.9 Å². The Hall–Kier alpha value is -0.370. The van der Waals surface area contributed by atoms with Crippen molar-refractivity contribution < 1.29 is 4.79 Å². The molecule has 2 nitrogen and oxygen atoms in total. The first kappa shape index (κ1) is 13.2. The molecule has 0 unspecified atom stereocenters. The topological polar surface area (TPSA) is 29.1 Å². The van der Waals surface area contributed by atoms with Gasteiger partial charge in [-0.25, -0.2) is 0 Å². The summed E-state index contributed by atoms with van der Waals surface area (Å²) in [5.41, 5.74) is 0. The molecule has 0 saturated heterocycles. The second kappa shape index (κ2) is 12.3. The molecule has 1 N–H and O–H groups in total. The fourth-order valence-electron chi connectivity index (χ4n) is 0.530. The standard InChI is InChI=1S/C7H15NO.C2H6/c1-3-5-8-6-7(9)4-2;1-2/h8H,3-6H2,1-2H3;1-2H3. The lowest BCUT2D eigenvalue weighted by Crippen LogP contribution is -2.22. The fourth-order valence-corrected chi connectivity index (χ4v) is 0.530. The minimum absolute atomic E-state index is 0.295. The molecule has 0 aliphatic rings. The van der Waals surface area contributed by atoms with E-state index in [4.69, 9.17) is 0 Å². The van der Waals surface area contributed by atoms with Crippen LogP contribution in [0.5, 0.6) is 0 Å². The zero-order valence-corrected chi connectivity index (χ0v) is 8.24. The van der Waals surface area contributed by atoms with Gasteiger partial charge in [-0.05, 0) is 13.0 Å². The third-order valence-electron chi connectivity index (χ3n) is 1.14. The average molecular weight is 159 g/mol. The number of carbonyl (C=O) groups excluding carboxylic acids is 1. The molecule has 0 rings (SSSR count). The van der Waals surface area contributed by atoms with Crippen molar-refractivity contribution in [1.82, 2.24) is 5.32 Å². The molecule has 0 aliphatic heterocycles. The Bertz CT molecular complexity index is 81.6. The van der Waals surface area contributed by atoms with E-state index in [2.05, 4.69) is 12.2 Å². The Kier molecular flexibility index (Phi) is 14.8. The lowest BCUT2D eigenvalue weighted by atomic mass is 10.3. The molecule has 0 saturated carbocycles. The lowest BCUT2D eigenvalue weighted by molar-refractivity contribution is -0.117. The maximum atomic E-state index is 10.6. The van der Waals surface area contributed by atoms with Crippen molar-refractivity contribution in [3.05, 3.63) is 0 Å². The van der Waals surface area contributed by atoms with E-state index in [1.54, 1.807) is 0 Å². The van der Waals surface area contributed by atoms with E-state index in [0.29, 0.717) is 18.7 Å². The molecule has 0 aromatic rings. The molecular weight excluding hydrogens is 138 g/mol. The van der Waals surface area contributed by atoms with E-state index in [1.165, 1.54) is 0 Å². The largest absolute Gasteiger partial charge is 0.310 e. The maximum absolute atomic E-state index is 10.6. The molecule has 68 valence electrons. The van der Waals surface area contributed by atoms with Crippen LogP contribution in [0.1, 0.15) is 40.5 Å². The van der Waals surface area contributed by atoms with Gasteiger partial charge in [0.15, 0.2) is 0 Å². The SMILES string of the molecule is CC.CCCNCC(=O)CC. The number of ketones is 1. The van der Waals surface area contributed by atoms with Gasteiger partial charge in [0.25, 0.3) is 0 Å². The van der Waals surface area contributed by atoms with Crippen molar-refractivity contribution in [2.24, 2.45) is 0 Å². The summed E-state index contributed by atoms with van der Waals surface area (Å²) in [6.07, 6.45) is 1.74. The molecule has 0 fully saturated rings. The summed E-state index contributed by atoms with van der Waals surface area (Å²) >= 11 is 0. The quantitative estimate of drug-likeness (QED) is 0.622. The number of hydrogen-bond acceptors (Lipinski definition) is 2. The zero-order chi connectivity index (χ0) is 9.11. The van der Waals surface area contributed by atoms with Crippen LogP contribution in [-0.2, 0) is 4.79 Å².